The molecule has 0 aromatic carbocycles. The largest absolute Gasteiger partial charge is 0.465 e. The fourth-order valence-corrected chi connectivity index (χ4v) is 0.289. The van der Waals surface area contributed by atoms with Crippen molar-refractivity contribution in [2.24, 2.45) is 5.73 Å². The van der Waals surface area contributed by atoms with E-state index in [4.69, 9.17) is 10.8 Å². The van der Waals surface area contributed by atoms with Gasteiger partial charge in [0.25, 0.3) is 0 Å². The maximum Gasteiger partial charge on any atom is 0.407 e. The summed E-state index contributed by atoms with van der Waals surface area (Å²) in [4.78, 5) is 11.1. The number of rotatable bonds is 2. The maximum atomic E-state index is 9.96. The van der Waals surface area contributed by atoms with Crippen molar-refractivity contribution >= 4 is 6.09 Å². The molecular formula is C4H10N2O2. The molecule has 0 aliphatic heterocycles. The lowest BCUT2D eigenvalue weighted by molar-refractivity contribution is 0.157. The van der Waals surface area contributed by atoms with Crippen LogP contribution < -0.4 is 5.73 Å². The molecule has 0 aliphatic carbocycles. The van der Waals surface area contributed by atoms with Crippen LogP contribution in [0.3, 0.4) is 0 Å². The van der Waals surface area contributed by atoms with Crippen molar-refractivity contribution in [3.8, 4) is 0 Å². The van der Waals surface area contributed by atoms with Crippen molar-refractivity contribution in [2.75, 3.05) is 20.1 Å². The summed E-state index contributed by atoms with van der Waals surface area (Å²) >= 11 is 0. The first-order valence-corrected chi connectivity index (χ1v) is 2.32. The SMILES string of the molecule is CN(CCN)C(=O)O. The van der Waals surface area contributed by atoms with Crippen molar-refractivity contribution in [1.82, 2.24) is 4.90 Å². The molecule has 0 atom stereocenters. The minimum Gasteiger partial charge on any atom is -0.465 e. The molecule has 0 bridgehead atoms. The van der Waals surface area contributed by atoms with E-state index in [1.165, 1.54) is 7.05 Å². The zero-order chi connectivity index (χ0) is 6.57. The molecule has 0 saturated heterocycles. The first-order valence-electron chi connectivity index (χ1n) is 2.32. The second-order valence-corrected chi connectivity index (χ2v) is 1.49. The highest BCUT2D eigenvalue weighted by Crippen LogP contribution is 1.78. The van der Waals surface area contributed by atoms with Gasteiger partial charge in [0.1, 0.15) is 0 Å². The van der Waals surface area contributed by atoms with Gasteiger partial charge in [-0.25, -0.2) is 4.79 Å². The number of carbonyl (C=O) groups is 1. The Morgan fingerprint density at radius 1 is 1.88 bits per heavy atom. The lowest BCUT2D eigenvalue weighted by Gasteiger charge is -2.09. The number of hydrogen-bond donors (Lipinski definition) is 2. The van der Waals surface area contributed by atoms with E-state index in [0.717, 1.165) is 4.90 Å². The predicted molar refractivity (Wildman–Crippen MR) is 29.7 cm³/mol. The third-order valence-electron chi connectivity index (χ3n) is 0.791. The maximum absolute atomic E-state index is 9.96. The van der Waals surface area contributed by atoms with E-state index in [1.54, 1.807) is 0 Å². The summed E-state index contributed by atoms with van der Waals surface area (Å²) < 4.78 is 0. The first kappa shape index (κ1) is 7.23. The Morgan fingerprint density at radius 2 is 2.38 bits per heavy atom. The van der Waals surface area contributed by atoms with Crippen molar-refractivity contribution in [1.29, 1.82) is 0 Å². The number of amides is 1. The van der Waals surface area contributed by atoms with Gasteiger partial charge in [0, 0.05) is 20.1 Å². The molecule has 0 aromatic heterocycles. The standard InChI is InChI=1S/C4H10N2O2/c1-6(3-2-5)4(7)8/h2-3,5H2,1H3,(H,7,8). The van der Waals surface area contributed by atoms with E-state index in [2.05, 4.69) is 0 Å². The molecule has 0 unspecified atom stereocenters. The Morgan fingerprint density at radius 3 is 2.50 bits per heavy atom. The quantitative estimate of drug-likeness (QED) is 0.516. The molecule has 0 saturated carbocycles. The van der Waals surface area contributed by atoms with Crippen molar-refractivity contribution in [2.45, 2.75) is 0 Å². The van der Waals surface area contributed by atoms with Gasteiger partial charge in [-0.1, -0.05) is 0 Å². The van der Waals surface area contributed by atoms with Crippen molar-refractivity contribution in [3.05, 3.63) is 0 Å². The number of nitrogens with two attached hydrogens (primary N) is 1. The average molecular weight is 118 g/mol. The Labute approximate surface area is 47.9 Å². The molecule has 48 valence electrons. The molecule has 0 spiro atoms. The van der Waals surface area contributed by atoms with Crippen LogP contribution >= 0.6 is 0 Å². The van der Waals surface area contributed by atoms with Crippen LogP contribution in [-0.4, -0.2) is 36.2 Å². The van der Waals surface area contributed by atoms with Gasteiger partial charge in [-0.15, -0.1) is 0 Å². The molecule has 8 heavy (non-hydrogen) atoms. The van der Waals surface area contributed by atoms with Gasteiger partial charge < -0.3 is 15.7 Å². The average Bonchev–Trinajstić information content (AvgIpc) is 1.67. The Kier molecular flexibility index (Phi) is 2.95. The summed E-state index contributed by atoms with van der Waals surface area (Å²) in [6.45, 7) is 0.776. The highest BCUT2D eigenvalue weighted by atomic mass is 16.4. The van der Waals surface area contributed by atoms with Crippen LogP contribution in [0.4, 0.5) is 4.79 Å². The summed E-state index contributed by atoms with van der Waals surface area (Å²) in [5.41, 5.74) is 5.06. The van der Waals surface area contributed by atoms with Gasteiger partial charge in [-0.05, 0) is 0 Å². The summed E-state index contributed by atoms with van der Waals surface area (Å²) in [7, 11) is 1.48. The van der Waals surface area contributed by atoms with Gasteiger partial charge in [0.2, 0.25) is 0 Å². The van der Waals surface area contributed by atoms with E-state index in [-0.39, 0.29) is 0 Å². The lowest BCUT2D eigenvalue weighted by Crippen LogP contribution is -2.29. The second-order valence-electron chi connectivity index (χ2n) is 1.49. The van der Waals surface area contributed by atoms with E-state index < -0.39 is 6.09 Å². The zero-order valence-electron chi connectivity index (χ0n) is 4.79. The Balaban J connectivity index is 3.32. The molecule has 4 nitrogen and oxygen atoms in total. The number of carboxylic acid groups (broad SMARTS) is 1. The van der Waals surface area contributed by atoms with E-state index in [1.807, 2.05) is 0 Å². The van der Waals surface area contributed by atoms with E-state index >= 15 is 0 Å². The third-order valence-corrected chi connectivity index (χ3v) is 0.791. The highest BCUT2D eigenvalue weighted by Gasteiger charge is 2.00. The molecule has 1 amide bonds. The molecule has 3 N–H and O–H groups in total. The van der Waals surface area contributed by atoms with Crippen LogP contribution in [0.2, 0.25) is 0 Å². The molecular weight excluding hydrogens is 108 g/mol. The number of likely N-dealkylation sites (N-methyl/N-ethyl adjacent to an activating group) is 1. The molecule has 0 rings (SSSR count). The monoisotopic (exact) mass is 118 g/mol. The number of hydrogen-bond acceptors (Lipinski definition) is 2. The minimum atomic E-state index is -0.935. The van der Waals surface area contributed by atoms with E-state index in [9.17, 15) is 4.79 Å². The smallest absolute Gasteiger partial charge is 0.407 e. The van der Waals surface area contributed by atoms with Crippen LogP contribution in [0.15, 0.2) is 0 Å². The molecule has 0 aromatic rings. The normalized spacial score (nSPS) is 8.75. The Bertz CT molecular complexity index is 84.1. The topological polar surface area (TPSA) is 66.6 Å². The minimum absolute atomic E-state index is 0.378. The molecule has 0 aliphatic rings. The molecule has 0 fully saturated rings. The highest BCUT2D eigenvalue weighted by molar-refractivity contribution is 5.64. The first-order chi connectivity index (χ1) is 3.68. The van der Waals surface area contributed by atoms with Crippen molar-refractivity contribution < 1.29 is 9.90 Å². The molecule has 0 radical (unpaired) electrons. The number of nitrogens with zero attached hydrogens (tertiary/aromatic N) is 1. The summed E-state index contributed by atoms with van der Waals surface area (Å²) in [5, 5.41) is 8.18. The lowest BCUT2D eigenvalue weighted by atomic mass is 10.6. The third kappa shape index (κ3) is 2.41. The van der Waals surface area contributed by atoms with Crippen LogP contribution in [0.1, 0.15) is 0 Å². The Hall–Kier alpha value is -0.770. The fraction of sp³-hybridized carbons (Fsp3) is 0.750. The van der Waals surface area contributed by atoms with Gasteiger partial charge in [-0.2, -0.15) is 0 Å². The molecule has 4 heteroatoms. The fourth-order valence-electron chi connectivity index (χ4n) is 0.289. The van der Waals surface area contributed by atoms with Crippen LogP contribution in [0, 0.1) is 0 Å². The van der Waals surface area contributed by atoms with Gasteiger partial charge in [0.05, 0.1) is 0 Å². The van der Waals surface area contributed by atoms with Gasteiger partial charge >= 0.3 is 6.09 Å². The van der Waals surface area contributed by atoms with Gasteiger partial charge in [-0.3, -0.25) is 0 Å². The van der Waals surface area contributed by atoms with Gasteiger partial charge in [0.15, 0.2) is 0 Å². The predicted octanol–water partition coefficient (Wildman–Crippen LogP) is -0.445. The summed E-state index contributed by atoms with van der Waals surface area (Å²) in [6, 6.07) is 0. The second kappa shape index (κ2) is 3.26. The summed E-state index contributed by atoms with van der Waals surface area (Å²) in [5.74, 6) is 0. The van der Waals surface area contributed by atoms with Crippen LogP contribution in [0.25, 0.3) is 0 Å². The molecule has 0 heterocycles. The zero-order valence-corrected chi connectivity index (χ0v) is 4.79. The van der Waals surface area contributed by atoms with Crippen LogP contribution in [-0.2, 0) is 0 Å². The van der Waals surface area contributed by atoms with Crippen LogP contribution in [0.5, 0.6) is 0 Å². The van der Waals surface area contributed by atoms with E-state index in [0.29, 0.717) is 13.1 Å². The van der Waals surface area contributed by atoms with Crippen molar-refractivity contribution in [3.63, 3.8) is 0 Å². The summed E-state index contributed by atoms with van der Waals surface area (Å²) in [6.07, 6.45) is -0.935.